The minimum absolute atomic E-state index is 0.00612. The summed E-state index contributed by atoms with van der Waals surface area (Å²) in [6, 6.07) is 11.9. The number of ether oxygens (including phenoxy) is 1. The molecule has 10 nitrogen and oxygen atoms in total. The molecule has 5 rings (SSSR count). The number of hydrogen-bond donors (Lipinski definition) is 3. The minimum Gasteiger partial charge on any atom is -0.494 e. The molecular weight excluding hydrogens is 529 g/mol. The fourth-order valence-electron chi connectivity index (χ4n) is 4.38. The summed E-state index contributed by atoms with van der Waals surface area (Å²) in [6.45, 7) is 1.05. The molecule has 0 atom stereocenters. The molecule has 1 saturated heterocycles. The Balaban J connectivity index is 1.36. The molecule has 208 valence electrons. The molecule has 4 aromatic rings. The van der Waals surface area contributed by atoms with Gasteiger partial charge in [-0.25, -0.2) is 9.97 Å². The van der Waals surface area contributed by atoms with Gasteiger partial charge in [-0.2, -0.15) is 13.2 Å². The van der Waals surface area contributed by atoms with Gasteiger partial charge in [-0.05, 0) is 42.0 Å². The summed E-state index contributed by atoms with van der Waals surface area (Å²) in [5.74, 6) is -0.427. The van der Waals surface area contributed by atoms with Crippen LogP contribution in [0.15, 0.2) is 52.9 Å². The summed E-state index contributed by atoms with van der Waals surface area (Å²) in [5.41, 5.74) is 12.0. The Bertz CT molecular complexity index is 1580. The molecule has 40 heavy (non-hydrogen) atoms. The Morgan fingerprint density at radius 2 is 1.82 bits per heavy atom. The molecule has 2 aromatic heterocycles. The minimum atomic E-state index is -4.64. The van der Waals surface area contributed by atoms with Gasteiger partial charge in [0, 0.05) is 42.2 Å². The number of oxazole rings is 1. The monoisotopic (exact) mass is 554 g/mol. The van der Waals surface area contributed by atoms with E-state index in [1.807, 2.05) is 0 Å². The van der Waals surface area contributed by atoms with Gasteiger partial charge < -0.3 is 30.8 Å². The third-order valence-electron chi connectivity index (χ3n) is 6.51. The summed E-state index contributed by atoms with van der Waals surface area (Å²) in [4.78, 5) is 35.1. The van der Waals surface area contributed by atoms with Crippen molar-refractivity contribution in [3.8, 4) is 17.2 Å². The van der Waals surface area contributed by atoms with E-state index < -0.39 is 17.8 Å². The number of aromatic nitrogens is 2. The number of hydrogen-bond acceptors (Lipinski definition) is 8. The molecule has 0 spiro atoms. The first-order valence-corrected chi connectivity index (χ1v) is 12.3. The van der Waals surface area contributed by atoms with Crippen LogP contribution in [0.5, 0.6) is 5.75 Å². The van der Waals surface area contributed by atoms with E-state index in [-0.39, 0.29) is 53.6 Å². The van der Waals surface area contributed by atoms with Crippen LogP contribution < -0.4 is 21.5 Å². The van der Waals surface area contributed by atoms with Gasteiger partial charge in [0.05, 0.1) is 13.7 Å². The topological polar surface area (TPSA) is 150 Å². The van der Waals surface area contributed by atoms with E-state index in [9.17, 15) is 22.8 Å². The fourth-order valence-corrected chi connectivity index (χ4v) is 4.38. The van der Waals surface area contributed by atoms with Crippen LogP contribution in [0.2, 0.25) is 0 Å². The molecular formula is C27H25F3N6O4. The Kier molecular flexibility index (Phi) is 7.17. The molecule has 0 radical (unpaired) electrons. The lowest BCUT2D eigenvalue weighted by atomic mass is 10.1. The molecule has 2 aromatic carbocycles. The number of fused-ring (bicyclic) bond motifs is 1. The maximum absolute atomic E-state index is 13.3. The predicted octanol–water partition coefficient (Wildman–Crippen LogP) is 3.09. The number of alkyl halides is 3. The molecule has 1 fully saturated rings. The highest BCUT2D eigenvalue weighted by Crippen LogP contribution is 2.37. The van der Waals surface area contributed by atoms with Crippen LogP contribution in [-0.4, -0.2) is 52.9 Å². The molecule has 0 unspecified atom stereocenters. The van der Waals surface area contributed by atoms with E-state index >= 15 is 0 Å². The van der Waals surface area contributed by atoms with Gasteiger partial charge in [0.1, 0.15) is 17.0 Å². The highest BCUT2D eigenvalue weighted by atomic mass is 19.4. The lowest BCUT2D eigenvalue weighted by Gasteiger charge is -2.36. The van der Waals surface area contributed by atoms with Gasteiger partial charge in [-0.15, -0.1) is 0 Å². The molecule has 0 aliphatic carbocycles. The van der Waals surface area contributed by atoms with Crippen LogP contribution in [0.3, 0.4) is 0 Å². The van der Waals surface area contributed by atoms with Crippen molar-refractivity contribution < 1.29 is 31.9 Å². The Labute approximate surface area is 226 Å². The summed E-state index contributed by atoms with van der Waals surface area (Å²) in [7, 11) is 1.32. The number of amides is 2. The van der Waals surface area contributed by atoms with E-state index in [1.165, 1.54) is 19.2 Å². The third kappa shape index (κ3) is 5.20. The zero-order chi connectivity index (χ0) is 28.6. The van der Waals surface area contributed by atoms with Gasteiger partial charge >= 0.3 is 6.18 Å². The molecule has 1 aliphatic heterocycles. The second kappa shape index (κ2) is 10.6. The quantitative estimate of drug-likeness (QED) is 0.316. The number of benzene rings is 2. The van der Waals surface area contributed by atoms with Gasteiger partial charge in [0.2, 0.25) is 5.89 Å². The number of carbonyl (C=O) groups is 2. The second-order valence-corrected chi connectivity index (χ2v) is 9.25. The highest BCUT2D eigenvalue weighted by molar-refractivity contribution is 5.98. The maximum Gasteiger partial charge on any atom is 0.433 e. The molecule has 0 saturated carbocycles. The standard InChI is InChI=1S/C27H25F3N6O4/c1-39-19-8-6-18(17-7-9-21(27(28,29)30)34-22(17)19)25-35-23(20(10-31)40-25)24(37)33-11-14-2-4-15(5-3-14)26(38)36-12-16(32)13-36/h2-9,16H,10-13,31-32H2,1H3,(H,33,37). The van der Waals surface area contributed by atoms with Crippen molar-refractivity contribution >= 4 is 22.7 Å². The number of carbonyl (C=O) groups excluding carboxylic acids is 2. The van der Waals surface area contributed by atoms with Crippen molar-refractivity contribution in [1.29, 1.82) is 0 Å². The number of rotatable bonds is 7. The number of pyridine rings is 1. The number of nitrogens with one attached hydrogen (secondary N) is 1. The number of methoxy groups -OCH3 is 1. The van der Waals surface area contributed by atoms with Crippen LogP contribution in [0.25, 0.3) is 22.4 Å². The first kappa shape index (κ1) is 27.1. The van der Waals surface area contributed by atoms with Crippen molar-refractivity contribution in [3.63, 3.8) is 0 Å². The van der Waals surface area contributed by atoms with Crippen molar-refractivity contribution in [2.75, 3.05) is 20.2 Å². The van der Waals surface area contributed by atoms with E-state index in [1.54, 1.807) is 35.2 Å². The zero-order valence-electron chi connectivity index (χ0n) is 21.3. The van der Waals surface area contributed by atoms with Crippen molar-refractivity contribution in [1.82, 2.24) is 20.2 Å². The Morgan fingerprint density at radius 1 is 1.10 bits per heavy atom. The second-order valence-electron chi connectivity index (χ2n) is 9.25. The average Bonchev–Trinajstić information content (AvgIpc) is 3.37. The van der Waals surface area contributed by atoms with E-state index in [4.69, 9.17) is 20.6 Å². The fraction of sp³-hybridized carbons (Fsp3) is 0.259. The lowest BCUT2D eigenvalue weighted by Crippen LogP contribution is -2.57. The summed E-state index contributed by atoms with van der Waals surface area (Å²) in [5, 5.41) is 3.04. The maximum atomic E-state index is 13.3. The number of nitrogens with zero attached hydrogens (tertiary/aromatic N) is 3. The number of likely N-dealkylation sites (tertiary alicyclic amines) is 1. The van der Waals surface area contributed by atoms with E-state index in [0.29, 0.717) is 29.6 Å². The van der Waals surface area contributed by atoms with Gasteiger partial charge in [0.25, 0.3) is 11.8 Å². The molecule has 0 bridgehead atoms. The van der Waals surface area contributed by atoms with Crippen molar-refractivity contribution in [3.05, 3.63) is 76.8 Å². The molecule has 2 amide bonds. The van der Waals surface area contributed by atoms with Gasteiger partial charge in [-0.1, -0.05) is 12.1 Å². The zero-order valence-corrected chi connectivity index (χ0v) is 21.3. The summed E-state index contributed by atoms with van der Waals surface area (Å²) >= 11 is 0. The average molecular weight is 555 g/mol. The van der Waals surface area contributed by atoms with Crippen LogP contribution in [0, 0.1) is 0 Å². The Morgan fingerprint density at radius 3 is 2.45 bits per heavy atom. The predicted molar refractivity (Wildman–Crippen MR) is 138 cm³/mol. The molecule has 5 N–H and O–H groups in total. The van der Waals surface area contributed by atoms with Crippen molar-refractivity contribution in [2.24, 2.45) is 11.5 Å². The van der Waals surface area contributed by atoms with Crippen molar-refractivity contribution in [2.45, 2.75) is 25.3 Å². The first-order chi connectivity index (χ1) is 19.1. The van der Waals surface area contributed by atoms with Crippen LogP contribution in [-0.2, 0) is 19.3 Å². The highest BCUT2D eigenvalue weighted by Gasteiger charge is 2.33. The number of nitrogens with two attached hydrogens (primary N) is 2. The molecule has 1 aliphatic rings. The smallest absolute Gasteiger partial charge is 0.433 e. The van der Waals surface area contributed by atoms with E-state index in [2.05, 4.69) is 15.3 Å². The van der Waals surface area contributed by atoms with Gasteiger partial charge in [0.15, 0.2) is 11.5 Å². The normalized spacial score (nSPS) is 13.8. The molecule has 13 heteroatoms. The van der Waals surface area contributed by atoms with Gasteiger partial charge in [-0.3, -0.25) is 9.59 Å². The van der Waals surface area contributed by atoms with E-state index in [0.717, 1.165) is 11.6 Å². The van der Waals surface area contributed by atoms with Crippen LogP contribution in [0.4, 0.5) is 13.2 Å². The Hall–Kier alpha value is -4.49. The SMILES string of the molecule is COc1ccc(-c2nc(C(=O)NCc3ccc(C(=O)N4CC(N)C4)cc3)c(CN)o2)c2ccc(C(F)(F)F)nc12. The summed E-state index contributed by atoms with van der Waals surface area (Å²) < 4.78 is 50.7. The largest absolute Gasteiger partial charge is 0.494 e. The molecule has 3 heterocycles. The van der Waals surface area contributed by atoms with Crippen LogP contribution in [0.1, 0.15) is 37.9 Å². The first-order valence-electron chi connectivity index (χ1n) is 12.3. The number of halogens is 3. The lowest BCUT2D eigenvalue weighted by molar-refractivity contribution is -0.140. The summed E-state index contributed by atoms with van der Waals surface area (Å²) in [6.07, 6.45) is -4.64. The van der Waals surface area contributed by atoms with Crippen LogP contribution >= 0.6 is 0 Å². The third-order valence-corrected chi connectivity index (χ3v) is 6.51.